The molecule has 0 saturated heterocycles. The van der Waals surface area contributed by atoms with Crippen LogP contribution in [0.1, 0.15) is 9.67 Å². The molecule has 1 aromatic heterocycles. The Bertz CT molecular complexity index is 373. The van der Waals surface area contributed by atoms with Crippen LogP contribution in [-0.2, 0) is 4.79 Å². The topological polar surface area (TPSA) is 34.1 Å². The molecule has 0 unspecified atom stereocenters. The average molecular weight is 258 g/mol. The molecule has 0 aliphatic heterocycles. The van der Waals surface area contributed by atoms with Crippen molar-refractivity contribution in [2.75, 3.05) is 12.5 Å². The second-order valence-electron chi connectivity index (χ2n) is 2.53. The number of hydrogen-bond acceptors (Lipinski definition) is 5. The summed E-state index contributed by atoms with van der Waals surface area (Å²) in [5.41, 5.74) is 0.262. The van der Waals surface area contributed by atoms with E-state index in [-0.39, 0.29) is 11.4 Å². The van der Waals surface area contributed by atoms with Gasteiger partial charge in [-0.15, -0.1) is 34.9 Å². The van der Waals surface area contributed by atoms with Gasteiger partial charge < -0.3 is 0 Å². The number of rotatable bonds is 5. The van der Waals surface area contributed by atoms with E-state index in [0.29, 0.717) is 11.2 Å². The highest BCUT2D eigenvalue weighted by Crippen LogP contribution is 2.29. The van der Waals surface area contributed by atoms with E-state index in [1.165, 1.54) is 34.9 Å². The minimum absolute atomic E-state index is 0.182. The summed E-state index contributed by atoms with van der Waals surface area (Å²) in [5, 5.41) is 1.83. The minimum Gasteiger partial charge on any atom is -0.298 e. The molecule has 0 fully saturated rings. The van der Waals surface area contributed by atoms with E-state index >= 15 is 0 Å². The van der Waals surface area contributed by atoms with Gasteiger partial charge in [0, 0.05) is 0 Å². The van der Waals surface area contributed by atoms with Gasteiger partial charge >= 0.3 is 0 Å². The molecule has 0 aromatic carbocycles. The van der Waals surface area contributed by atoms with Gasteiger partial charge in [0.05, 0.1) is 14.7 Å². The summed E-state index contributed by atoms with van der Waals surface area (Å²) < 4.78 is 0.767. The van der Waals surface area contributed by atoms with Crippen molar-refractivity contribution in [3.05, 3.63) is 32.2 Å². The zero-order valence-corrected chi connectivity index (χ0v) is 10.8. The Morgan fingerprint density at radius 2 is 2.07 bits per heavy atom. The Balaban J connectivity index is 3.08. The number of carbonyl (C=O) groups is 2. The van der Waals surface area contributed by atoms with Crippen LogP contribution >= 0.6 is 34.9 Å². The van der Waals surface area contributed by atoms with Crippen LogP contribution in [-0.4, -0.2) is 24.6 Å². The molecule has 2 nitrogen and oxygen atoms in total. The van der Waals surface area contributed by atoms with Crippen molar-refractivity contribution in [1.82, 2.24) is 0 Å². The largest absolute Gasteiger partial charge is 0.298 e. The predicted molar refractivity (Wildman–Crippen MR) is 68.8 cm³/mol. The monoisotopic (exact) mass is 258 g/mol. The van der Waals surface area contributed by atoms with Crippen LogP contribution in [0.25, 0.3) is 0 Å². The van der Waals surface area contributed by atoms with Gasteiger partial charge in [0.25, 0.3) is 0 Å². The highest BCUT2D eigenvalue weighted by atomic mass is 32.2. The molecule has 1 rings (SSSR count). The van der Waals surface area contributed by atoms with E-state index in [0.717, 1.165) is 4.24 Å². The van der Waals surface area contributed by atoms with Crippen LogP contribution in [0.15, 0.2) is 27.3 Å². The summed E-state index contributed by atoms with van der Waals surface area (Å²) in [6.07, 6.45) is 4.36. The number of carbonyl (C=O) groups excluding carboxylic acids is 2. The summed E-state index contributed by atoms with van der Waals surface area (Å²) in [7, 11) is 0. The van der Waals surface area contributed by atoms with Gasteiger partial charge in [0.1, 0.15) is 0 Å². The number of aldehydes is 1. The fourth-order valence-electron chi connectivity index (χ4n) is 1.04. The lowest BCUT2D eigenvalue weighted by Gasteiger charge is -2.03. The summed E-state index contributed by atoms with van der Waals surface area (Å²) in [6.45, 7) is 0. The van der Waals surface area contributed by atoms with Gasteiger partial charge in [-0.1, -0.05) is 6.07 Å². The van der Waals surface area contributed by atoms with Crippen molar-refractivity contribution in [1.29, 1.82) is 0 Å². The molecule has 1 aromatic rings. The molecule has 15 heavy (non-hydrogen) atoms. The molecule has 1 heterocycles. The Kier molecular flexibility index (Phi) is 5.14. The fourth-order valence-corrected chi connectivity index (χ4v) is 3.10. The smallest absolute Gasteiger partial charge is 0.207 e. The van der Waals surface area contributed by atoms with Crippen molar-refractivity contribution in [3.8, 4) is 0 Å². The Hall–Kier alpha value is -0.520. The van der Waals surface area contributed by atoms with Gasteiger partial charge in [-0.2, -0.15) is 0 Å². The van der Waals surface area contributed by atoms with E-state index in [1.807, 2.05) is 17.9 Å². The van der Waals surface area contributed by atoms with Gasteiger partial charge in [-0.05, 0) is 24.0 Å². The van der Waals surface area contributed by atoms with Crippen LogP contribution < -0.4 is 0 Å². The highest BCUT2D eigenvalue weighted by molar-refractivity contribution is 8.21. The van der Waals surface area contributed by atoms with E-state index in [1.54, 1.807) is 12.1 Å². The van der Waals surface area contributed by atoms with Crippen LogP contribution in [0.2, 0.25) is 0 Å². The molecule has 80 valence electrons. The first-order valence-corrected chi connectivity index (χ1v) is 7.43. The van der Waals surface area contributed by atoms with Crippen LogP contribution in [0.5, 0.6) is 0 Å². The number of ketones is 1. The standard InChI is InChI=1S/C10H10O2S3/c1-13-10(14-2)7(6-11)9(12)8-4-3-5-15-8/h3-6H,1-2H3. The first kappa shape index (κ1) is 12.5. The van der Waals surface area contributed by atoms with Crippen molar-refractivity contribution < 1.29 is 9.59 Å². The Morgan fingerprint density at radius 3 is 2.47 bits per heavy atom. The summed E-state index contributed by atoms with van der Waals surface area (Å²) in [5.74, 6) is -0.182. The normalized spacial score (nSPS) is 9.73. The molecule has 0 spiro atoms. The quantitative estimate of drug-likeness (QED) is 0.267. The van der Waals surface area contributed by atoms with E-state index in [4.69, 9.17) is 0 Å². The number of thioether (sulfide) groups is 2. The van der Waals surface area contributed by atoms with Gasteiger partial charge in [0.2, 0.25) is 5.78 Å². The number of thiophene rings is 1. The van der Waals surface area contributed by atoms with Crippen LogP contribution in [0, 0.1) is 0 Å². The van der Waals surface area contributed by atoms with Crippen molar-refractivity contribution >= 4 is 46.9 Å². The zero-order valence-electron chi connectivity index (χ0n) is 8.35. The summed E-state index contributed by atoms with van der Waals surface area (Å²) in [6, 6.07) is 3.53. The first-order valence-electron chi connectivity index (χ1n) is 4.10. The molecular formula is C10H10O2S3. The van der Waals surface area contributed by atoms with E-state index in [9.17, 15) is 9.59 Å². The molecule has 0 bridgehead atoms. The highest BCUT2D eigenvalue weighted by Gasteiger charge is 2.16. The first-order chi connectivity index (χ1) is 7.24. The third-order valence-electron chi connectivity index (χ3n) is 1.70. The van der Waals surface area contributed by atoms with Crippen LogP contribution in [0.4, 0.5) is 0 Å². The Labute approximate surface area is 101 Å². The number of allylic oxidation sites excluding steroid dienone is 1. The maximum Gasteiger partial charge on any atom is 0.207 e. The summed E-state index contributed by atoms with van der Waals surface area (Å²) >= 11 is 4.20. The fraction of sp³-hybridized carbons (Fsp3) is 0.200. The third-order valence-corrected chi connectivity index (χ3v) is 4.75. The lowest BCUT2D eigenvalue weighted by Crippen LogP contribution is -2.04. The number of Topliss-reactive ketones (excluding diaryl/α,β-unsaturated/α-hetero) is 1. The van der Waals surface area contributed by atoms with Crippen molar-refractivity contribution in [2.45, 2.75) is 0 Å². The van der Waals surface area contributed by atoms with Gasteiger partial charge in [-0.25, -0.2) is 0 Å². The zero-order chi connectivity index (χ0) is 11.3. The third kappa shape index (κ3) is 2.96. The van der Waals surface area contributed by atoms with Crippen molar-refractivity contribution in [3.63, 3.8) is 0 Å². The number of hydrogen-bond donors (Lipinski definition) is 0. The maximum absolute atomic E-state index is 11.9. The molecule has 0 radical (unpaired) electrons. The molecule has 0 N–H and O–H groups in total. The maximum atomic E-state index is 11.9. The second kappa shape index (κ2) is 6.15. The average Bonchev–Trinajstić information content (AvgIpc) is 2.78. The van der Waals surface area contributed by atoms with Gasteiger partial charge in [0.15, 0.2) is 6.29 Å². The predicted octanol–water partition coefficient (Wildman–Crippen LogP) is 3.07. The molecule has 0 atom stereocenters. The lowest BCUT2D eigenvalue weighted by molar-refractivity contribution is -0.104. The van der Waals surface area contributed by atoms with Crippen molar-refractivity contribution in [2.24, 2.45) is 0 Å². The molecule has 0 aliphatic rings. The molecule has 0 aliphatic carbocycles. The molecule has 0 amide bonds. The van der Waals surface area contributed by atoms with E-state index < -0.39 is 0 Å². The van der Waals surface area contributed by atoms with Gasteiger partial charge in [-0.3, -0.25) is 9.59 Å². The minimum atomic E-state index is -0.182. The van der Waals surface area contributed by atoms with Crippen LogP contribution in [0.3, 0.4) is 0 Å². The van der Waals surface area contributed by atoms with E-state index in [2.05, 4.69) is 0 Å². The lowest BCUT2D eigenvalue weighted by atomic mass is 10.2. The molecule has 5 heteroatoms. The second-order valence-corrected chi connectivity index (χ2v) is 5.37. The SMILES string of the molecule is CSC(SC)=C(C=O)C(=O)c1cccs1. The molecule has 0 saturated carbocycles. The Morgan fingerprint density at radius 1 is 1.40 bits per heavy atom. The molecular weight excluding hydrogens is 248 g/mol. The summed E-state index contributed by atoms with van der Waals surface area (Å²) in [4.78, 5) is 23.4.